The molecular formula is C22H19N3O3S. The molecule has 6 nitrogen and oxygen atoms in total. The van der Waals surface area contributed by atoms with Gasteiger partial charge in [-0.05, 0) is 42.8 Å². The molecule has 2 aromatic heterocycles. The maximum atomic E-state index is 12.7. The van der Waals surface area contributed by atoms with Gasteiger partial charge >= 0.3 is 0 Å². The standard InChI is InChI=1S/C22H19N3O3S/c1-3-28-18-7-5-4-6-16(18)14-19-21(26)25-22(29-19)23-20(24-25)13-10-15-8-11-17(27-2)12-9-15/h4-14H,3H2,1-2H3. The van der Waals surface area contributed by atoms with Crippen LogP contribution in [-0.2, 0) is 0 Å². The van der Waals surface area contributed by atoms with Gasteiger partial charge in [-0.2, -0.15) is 9.50 Å². The largest absolute Gasteiger partial charge is 0.497 e. The molecule has 0 saturated carbocycles. The summed E-state index contributed by atoms with van der Waals surface area (Å²) < 4.78 is 12.7. The van der Waals surface area contributed by atoms with Gasteiger partial charge in [0.05, 0.1) is 18.2 Å². The highest BCUT2D eigenvalue weighted by Crippen LogP contribution is 2.19. The van der Waals surface area contributed by atoms with E-state index in [4.69, 9.17) is 9.47 Å². The van der Waals surface area contributed by atoms with Crippen molar-refractivity contribution in [3.8, 4) is 11.5 Å². The summed E-state index contributed by atoms with van der Waals surface area (Å²) in [7, 11) is 1.63. The number of hydrogen-bond acceptors (Lipinski definition) is 6. The van der Waals surface area contributed by atoms with Crippen molar-refractivity contribution < 1.29 is 9.47 Å². The summed E-state index contributed by atoms with van der Waals surface area (Å²) >= 11 is 1.31. The van der Waals surface area contributed by atoms with Gasteiger partial charge in [0, 0.05) is 5.56 Å². The average molecular weight is 405 g/mol. The van der Waals surface area contributed by atoms with Crippen LogP contribution >= 0.6 is 11.3 Å². The summed E-state index contributed by atoms with van der Waals surface area (Å²) in [4.78, 5) is 17.7. The Hall–Kier alpha value is -3.45. The van der Waals surface area contributed by atoms with E-state index in [0.717, 1.165) is 22.6 Å². The topological polar surface area (TPSA) is 65.7 Å². The number of nitrogens with zero attached hydrogens (tertiary/aromatic N) is 3. The fourth-order valence-electron chi connectivity index (χ4n) is 2.83. The molecule has 0 aliphatic heterocycles. The quantitative estimate of drug-likeness (QED) is 0.493. The Labute approximate surface area is 171 Å². The zero-order chi connectivity index (χ0) is 20.2. The molecule has 0 bridgehead atoms. The third-order valence-electron chi connectivity index (χ3n) is 4.24. The van der Waals surface area contributed by atoms with Crippen molar-refractivity contribution in [2.75, 3.05) is 13.7 Å². The Balaban J connectivity index is 1.64. The molecule has 0 amide bonds. The van der Waals surface area contributed by atoms with E-state index >= 15 is 0 Å². The molecule has 0 radical (unpaired) electrons. The Morgan fingerprint density at radius 1 is 1.10 bits per heavy atom. The lowest BCUT2D eigenvalue weighted by Crippen LogP contribution is -2.23. The molecule has 0 spiro atoms. The Kier molecular flexibility index (Phi) is 5.39. The number of para-hydroxylation sites is 1. The van der Waals surface area contributed by atoms with Crippen LogP contribution in [0.5, 0.6) is 11.5 Å². The van der Waals surface area contributed by atoms with Gasteiger partial charge in [-0.15, -0.1) is 5.10 Å². The van der Waals surface area contributed by atoms with Crippen LogP contribution in [0.4, 0.5) is 0 Å². The first-order valence-electron chi connectivity index (χ1n) is 9.13. The zero-order valence-corrected chi connectivity index (χ0v) is 16.8. The SMILES string of the molecule is CCOc1ccccc1C=c1sc2nc(C=Cc3ccc(OC)cc3)nn2c1=O. The van der Waals surface area contributed by atoms with Crippen molar-refractivity contribution in [1.82, 2.24) is 14.6 Å². The van der Waals surface area contributed by atoms with E-state index in [-0.39, 0.29) is 5.56 Å². The van der Waals surface area contributed by atoms with Crippen LogP contribution < -0.4 is 19.6 Å². The lowest BCUT2D eigenvalue weighted by molar-refractivity contribution is 0.339. The fraction of sp³-hybridized carbons (Fsp3) is 0.136. The summed E-state index contributed by atoms with van der Waals surface area (Å²) in [5, 5.41) is 4.32. The van der Waals surface area contributed by atoms with Crippen LogP contribution in [0.15, 0.2) is 53.3 Å². The number of methoxy groups -OCH3 is 1. The molecule has 2 aromatic carbocycles. The second kappa shape index (κ2) is 8.28. The number of ether oxygens (including phenoxy) is 2. The van der Waals surface area contributed by atoms with E-state index in [2.05, 4.69) is 10.1 Å². The van der Waals surface area contributed by atoms with E-state index in [1.165, 1.54) is 15.9 Å². The number of thiazole rings is 1. The molecule has 0 atom stereocenters. The highest BCUT2D eigenvalue weighted by Gasteiger charge is 2.09. The minimum Gasteiger partial charge on any atom is -0.497 e. The molecule has 0 unspecified atom stereocenters. The van der Waals surface area contributed by atoms with E-state index in [1.807, 2.05) is 67.6 Å². The monoisotopic (exact) mass is 405 g/mol. The van der Waals surface area contributed by atoms with Crippen LogP contribution in [0.3, 0.4) is 0 Å². The van der Waals surface area contributed by atoms with Crippen molar-refractivity contribution in [2.45, 2.75) is 6.92 Å². The Morgan fingerprint density at radius 3 is 2.62 bits per heavy atom. The highest BCUT2D eigenvalue weighted by molar-refractivity contribution is 7.15. The molecule has 29 heavy (non-hydrogen) atoms. The van der Waals surface area contributed by atoms with Crippen LogP contribution in [-0.4, -0.2) is 28.3 Å². The molecule has 0 saturated heterocycles. The van der Waals surface area contributed by atoms with Gasteiger partial charge in [-0.25, -0.2) is 0 Å². The van der Waals surface area contributed by atoms with Crippen molar-refractivity contribution in [3.05, 3.63) is 80.4 Å². The Morgan fingerprint density at radius 2 is 1.90 bits per heavy atom. The first-order valence-corrected chi connectivity index (χ1v) is 9.95. The summed E-state index contributed by atoms with van der Waals surface area (Å²) in [5.74, 6) is 2.04. The van der Waals surface area contributed by atoms with Crippen molar-refractivity contribution in [2.24, 2.45) is 0 Å². The smallest absolute Gasteiger partial charge is 0.291 e. The maximum absolute atomic E-state index is 12.7. The van der Waals surface area contributed by atoms with Crippen LogP contribution in [0, 0.1) is 0 Å². The minimum absolute atomic E-state index is 0.187. The van der Waals surface area contributed by atoms with Gasteiger partial charge in [0.25, 0.3) is 5.56 Å². The first-order chi connectivity index (χ1) is 14.2. The summed E-state index contributed by atoms with van der Waals surface area (Å²) in [6.07, 6.45) is 5.50. The number of aromatic nitrogens is 3. The van der Waals surface area contributed by atoms with Gasteiger partial charge in [0.15, 0.2) is 5.82 Å². The van der Waals surface area contributed by atoms with E-state index in [1.54, 1.807) is 13.2 Å². The van der Waals surface area contributed by atoms with Gasteiger partial charge in [0.2, 0.25) is 4.96 Å². The highest BCUT2D eigenvalue weighted by atomic mass is 32.1. The second-order valence-corrected chi connectivity index (χ2v) is 7.17. The molecule has 7 heteroatoms. The summed E-state index contributed by atoms with van der Waals surface area (Å²) in [5.41, 5.74) is 1.66. The van der Waals surface area contributed by atoms with Crippen LogP contribution in [0.2, 0.25) is 0 Å². The third-order valence-corrected chi connectivity index (χ3v) is 5.20. The van der Waals surface area contributed by atoms with Crippen molar-refractivity contribution in [3.63, 3.8) is 0 Å². The van der Waals surface area contributed by atoms with Gasteiger partial charge in [-0.3, -0.25) is 4.79 Å². The summed E-state index contributed by atoms with van der Waals surface area (Å²) in [6.45, 7) is 2.49. The third kappa shape index (κ3) is 4.05. The van der Waals surface area contributed by atoms with Gasteiger partial charge in [0.1, 0.15) is 11.5 Å². The minimum atomic E-state index is -0.187. The van der Waals surface area contributed by atoms with Gasteiger partial charge < -0.3 is 9.47 Å². The number of fused-ring (bicyclic) bond motifs is 1. The molecule has 2 heterocycles. The Bertz CT molecular complexity index is 1270. The normalized spacial score (nSPS) is 12.1. The van der Waals surface area contributed by atoms with Crippen molar-refractivity contribution >= 4 is 34.5 Å². The molecule has 0 fully saturated rings. The van der Waals surface area contributed by atoms with E-state index in [0.29, 0.717) is 21.9 Å². The molecule has 4 rings (SSSR count). The van der Waals surface area contributed by atoms with Crippen molar-refractivity contribution in [1.29, 1.82) is 0 Å². The number of benzene rings is 2. The summed E-state index contributed by atoms with van der Waals surface area (Å²) in [6, 6.07) is 15.3. The van der Waals surface area contributed by atoms with E-state index < -0.39 is 0 Å². The first kappa shape index (κ1) is 18.9. The van der Waals surface area contributed by atoms with E-state index in [9.17, 15) is 4.79 Å². The molecule has 146 valence electrons. The maximum Gasteiger partial charge on any atom is 0.291 e. The lowest BCUT2D eigenvalue weighted by Gasteiger charge is -2.05. The number of rotatable bonds is 6. The van der Waals surface area contributed by atoms with Crippen LogP contribution in [0.25, 0.3) is 23.2 Å². The lowest BCUT2D eigenvalue weighted by atomic mass is 10.2. The predicted molar refractivity (Wildman–Crippen MR) is 115 cm³/mol. The zero-order valence-electron chi connectivity index (χ0n) is 16.0. The van der Waals surface area contributed by atoms with Crippen LogP contribution in [0.1, 0.15) is 23.9 Å². The molecule has 0 aliphatic rings. The second-order valence-electron chi connectivity index (χ2n) is 6.16. The average Bonchev–Trinajstić information content (AvgIpc) is 3.27. The fourth-order valence-corrected chi connectivity index (χ4v) is 3.74. The molecule has 4 aromatic rings. The van der Waals surface area contributed by atoms with Gasteiger partial charge in [-0.1, -0.05) is 47.7 Å². The molecule has 0 N–H and O–H groups in total. The molecule has 0 aliphatic carbocycles. The number of hydrogen-bond donors (Lipinski definition) is 0. The molecular weight excluding hydrogens is 386 g/mol. The predicted octanol–water partition coefficient (Wildman–Crippen LogP) is 3.28.